The van der Waals surface area contributed by atoms with E-state index in [0.29, 0.717) is 0 Å². The van der Waals surface area contributed by atoms with Crippen molar-refractivity contribution in [2.24, 2.45) is 5.10 Å². The molecular weight excluding hydrogens is 448 g/mol. The number of ether oxygens (including phenoxy) is 2. The van der Waals surface area contributed by atoms with Gasteiger partial charge in [0.15, 0.2) is 17.2 Å². The van der Waals surface area contributed by atoms with Crippen molar-refractivity contribution in [2.45, 2.75) is 40.5 Å². The van der Waals surface area contributed by atoms with Crippen molar-refractivity contribution < 1.29 is 27.4 Å². The number of hydrogen-bond acceptors (Lipinski definition) is 6. The Balaban J connectivity index is 0.00000218. The van der Waals surface area contributed by atoms with E-state index >= 15 is 0 Å². The first-order valence-corrected chi connectivity index (χ1v) is 9.95. The van der Waals surface area contributed by atoms with Crippen LogP contribution in [0.15, 0.2) is 17.4 Å². The lowest BCUT2D eigenvalue weighted by Gasteiger charge is -2.23. The van der Waals surface area contributed by atoms with Crippen molar-refractivity contribution in [3.8, 4) is 0 Å². The van der Waals surface area contributed by atoms with Crippen LogP contribution in [0.25, 0.3) is 5.65 Å². The molecule has 0 saturated heterocycles. The number of carbonyl (C=O) groups is 1. The second-order valence-electron chi connectivity index (χ2n) is 5.48. The van der Waals surface area contributed by atoms with E-state index < -0.39 is 24.6 Å². The molecule has 2 rings (SSSR count). The standard InChI is InChI=1S/C16H17Cl2F3N4O3.C2H6/c1-4-27-15(26)12-7-25-13(10(19)5-9(18)14(25)22-12)11(6-17)23-24(3)8(2)28-16(20)21;1-2/h5,7-8,16H,4,6H2,1-3H3;1-2H3/b23-11+;. The monoisotopic (exact) mass is 470 g/mol. The predicted octanol–water partition coefficient (Wildman–Crippen LogP) is 4.79. The van der Waals surface area contributed by atoms with Crippen LogP contribution in [0.2, 0.25) is 5.02 Å². The summed E-state index contributed by atoms with van der Waals surface area (Å²) in [7, 11) is 1.36. The van der Waals surface area contributed by atoms with Gasteiger partial charge in [0.25, 0.3) is 0 Å². The molecule has 0 spiro atoms. The Morgan fingerprint density at radius 3 is 2.57 bits per heavy atom. The van der Waals surface area contributed by atoms with Crippen molar-refractivity contribution >= 4 is 40.5 Å². The quantitative estimate of drug-likeness (QED) is 0.182. The van der Waals surface area contributed by atoms with Crippen LogP contribution >= 0.6 is 23.2 Å². The number of alkyl halides is 3. The maximum atomic E-state index is 14.7. The number of hydrogen-bond donors (Lipinski definition) is 0. The second kappa shape index (κ2) is 12.0. The number of nitrogens with zero attached hydrogens (tertiary/aromatic N) is 4. The van der Waals surface area contributed by atoms with Crippen LogP contribution in [-0.2, 0) is 9.47 Å². The van der Waals surface area contributed by atoms with E-state index in [9.17, 15) is 18.0 Å². The van der Waals surface area contributed by atoms with Gasteiger partial charge < -0.3 is 4.74 Å². The number of halogens is 5. The van der Waals surface area contributed by atoms with E-state index in [4.69, 9.17) is 27.9 Å². The molecule has 0 saturated carbocycles. The lowest BCUT2D eigenvalue weighted by Crippen LogP contribution is -2.30. The summed E-state index contributed by atoms with van der Waals surface area (Å²) >= 11 is 11.9. The van der Waals surface area contributed by atoms with Crippen molar-refractivity contribution in [3.05, 3.63) is 34.5 Å². The van der Waals surface area contributed by atoms with Gasteiger partial charge in [0.2, 0.25) is 0 Å². The van der Waals surface area contributed by atoms with Gasteiger partial charge in [0.05, 0.1) is 17.5 Å². The molecule has 0 amide bonds. The van der Waals surface area contributed by atoms with Crippen molar-refractivity contribution in [3.63, 3.8) is 0 Å². The SMILES string of the molecule is CC.CCOC(=O)c1cn2c(/C(CCl)=N/N(C)C(C)OC(F)F)c(F)cc(Cl)c2n1. The van der Waals surface area contributed by atoms with Crippen molar-refractivity contribution in [1.29, 1.82) is 0 Å². The zero-order valence-electron chi connectivity index (χ0n) is 17.1. The maximum Gasteiger partial charge on any atom is 0.358 e. The van der Waals surface area contributed by atoms with E-state index in [-0.39, 0.29) is 40.3 Å². The molecule has 0 fully saturated rings. The highest BCUT2D eigenvalue weighted by molar-refractivity contribution is 6.34. The molecular formula is C18H23Cl2F3N4O3. The van der Waals surface area contributed by atoms with E-state index in [1.165, 1.54) is 24.6 Å². The summed E-state index contributed by atoms with van der Waals surface area (Å²) in [5.74, 6) is -1.78. The van der Waals surface area contributed by atoms with Crippen LogP contribution in [0.5, 0.6) is 0 Å². The normalized spacial score (nSPS) is 12.6. The van der Waals surface area contributed by atoms with Gasteiger partial charge in [0.1, 0.15) is 17.6 Å². The first-order chi connectivity index (χ1) is 14.2. The van der Waals surface area contributed by atoms with Crippen LogP contribution < -0.4 is 0 Å². The van der Waals surface area contributed by atoms with Gasteiger partial charge in [-0.1, -0.05) is 25.4 Å². The Labute approximate surface area is 182 Å². The number of fused-ring (bicyclic) bond motifs is 1. The Kier molecular flexibility index (Phi) is 10.4. The number of pyridine rings is 1. The molecule has 2 aromatic rings. The molecule has 0 bridgehead atoms. The zero-order chi connectivity index (χ0) is 23.0. The number of rotatable bonds is 8. The van der Waals surface area contributed by atoms with Crippen molar-refractivity contribution in [1.82, 2.24) is 14.4 Å². The molecule has 2 heterocycles. The summed E-state index contributed by atoms with van der Waals surface area (Å²) in [5, 5.41) is 5.08. The first kappa shape index (κ1) is 26.0. The minimum Gasteiger partial charge on any atom is -0.461 e. The molecule has 0 aliphatic carbocycles. The summed E-state index contributed by atoms with van der Waals surface area (Å²) < 4.78 is 49.9. The smallest absolute Gasteiger partial charge is 0.358 e. The summed E-state index contributed by atoms with van der Waals surface area (Å²) in [6.07, 6.45) is 0.126. The van der Waals surface area contributed by atoms with Crippen LogP contribution in [0, 0.1) is 5.82 Å². The highest BCUT2D eigenvalue weighted by Gasteiger charge is 2.22. The molecule has 0 radical (unpaired) electrons. The fraction of sp³-hybridized carbons (Fsp3) is 0.500. The summed E-state index contributed by atoms with van der Waals surface area (Å²) in [4.78, 5) is 16.0. The minimum absolute atomic E-state index is 0.0131. The van der Waals surface area contributed by atoms with Gasteiger partial charge in [-0.05, 0) is 19.9 Å². The predicted molar refractivity (Wildman–Crippen MR) is 109 cm³/mol. The van der Waals surface area contributed by atoms with Gasteiger partial charge in [-0.3, -0.25) is 14.1 Å². The lowest BCUT2D eigenvalue weighted by atomic mass is 10.2. The molecule has 0 aliphatic heterocycles. The minimum atomic E-state index is -3.01. The number of imidazole rings is 1. The second-order valence-corrected chi connectivity index (χ2v) is 6.15. The van der Waals surface area contributed by atoms with Crippen LogP contribution in [0.3, 0.4) is 0 Å². The maximum absolute atomic E-state index is 14.7. The van der Waals surface area contributed by atoms with Gasteiger partial charge in [-0.15, -0.1) is 11.6 Å². The Hall–Kier alpha value is -2.04. The van der Waals surface area contributed by atoms with E-state index in [0.717, 1.165) is 11.1 Å². The third-order valence-electron chi connectivity index (χ3n) is 3.63. The van der Waals surface area contributed by atoms with Gasteiger partial charge in [-0.2, -0.15) is 13.9 Å². The van der Waals surface area contributed by atoms with Gasteiger partial charge >= 0.3 is 12.6 Å². The van der Waals surface area contributed by atoms with E-state index in [1.54, 1.807) is 6.92 Å². The number of esters is 1. The number of carbonyl (C=O) groups excluding carboxylic acids is 1. The average Bonchev–Trinajstić information content (AvgIpc) is 3.14. The molecule has 12 heteroatoms. The highest BCUT2D eigenvalue weighted by Crippen LogP contribution is 2.24. The fourth-order valence-electron chi connectivity index (χ4n) is 2.30. The average molecular weight is 471 g/mol. The molecule has 7 nitrogen and oxygen atoms in total. The summed E-state index contributed by atoms with van der Waals surface area (Å²) in [6, 6.07) is 0.995. The van der Waals surface area contributed by atoms with E-state index in [2.05, 4.69) is 14.8 Å². The molecule has 168 valence electrons. The van der Waals surface area contributed by atoms with E-state index in [1.807, 2.05) is 13.8 Å². The Bertz CT molecular complexity index is 893. The summed E-state index contributed by atoms with van der Waals surface area (Å²) in [6.45, 7) is 4.09. The number of hydrazone groups is 1. The summed E-state index contributed by atoms with van der Waals surface area (Å²) in [5.41, 5.74) is -0.153. The first-order valence-electron chi connectivity index (χ1n) is 9.04. The number of aromatic nitrogens is 2. The fourth-order valence-corrected chi connectivity index (χ4v) is 2.71. The molecule has 0 N–H and O–H groups in total. The molecule has 0 aromatic carbocycles. The topological polar surface area (TPSA) is 68.4 Å². The molecule has 30 heavy (non-hydrogen) atoms. The molecule has 1 unspecified atom stereocenters. The lowest BCUT2D eigenvalue weighted by molar-refractivity contribution is -0.193. The highest BCUT2D eigenvalue weighted by atomic mass is 35.5. The molecule has 0 aliphatic rings. The largest absolute Gasteiger partial charge is 0.461 e. The van der Waals surface area contributed by atoms with Gasteiger partial charge in [-0.25, -0.2) is 14.2 Å². The Morgan fingerprint density at radius 2 is 2.03 bits per heavy atom. The van der Waals surface area contributed by atoms with Crippen LogP contribution in [0.4, 0.5) is 13.2 Å². The molecule has 2 aromatic heterocycles. The third-order valence-corrected chi connectivity index (χ3v) is 4.16. The Morgan fingerprint density at radius 1 is 1.40 bits per heavy atom. The van der Waals surface area contributed by atoms with Crippen LogP contribution in [0.1, 0.15) is 43.9 Å². The van der Waals surface area contributed by atoms with Gasteiger partial charge in [0, 0.05) is 13.2 Å². The molecule has 1 atom stereocenters. The zero-order valence-corrected chi connectivity index (χ0v) is 18.6. The third kappa shape index (κ3) is 6.23. The van der Waals surface area contributed by atoms with Crippen LogP contribution in [-0.4, -0.2) is 58.4 Å². The van der Waals surface area contributed by atoms with Crippen molar-refractivity contribution in [2.75, 3.05) is 19.5 Å².